The molecule has 3 fully saturated rings. The third-order valence-electron chi connectivity index (χ3n) is 6.54. The molecule has 0 bridgehead atoms. The third-order valence-corrected chi connectivity index (χ3v) is 6.54. The molecule has 4 atom stereocenters. The van der Waals surface area contributed by atoms with Crippen LogP contribution in [0.1, 0.15) is 48.3 Å². The summed E-state index contributed by atoms with van der Waals surface area (Å²) in [6.45, 7) is 2.56. The molecule has 3 aliphatic heterocycles. The second-order valence-electron chi connectivity index (χ2n) is 8.25. The smallest absolute Gasteiger partial charge is 0.109 e. The van der Waals surface area contributed by atoms with Crippen molar-refractivity contribution in [3.8, 4) is 0 Å². The van der Waals surface area contributed by atoms with Gasteiger partial charge in [0.25, 0.3) is 0 Å². The molecule has 0 spiro atoms. The monoisotopic (exact) mass is 380 g/mol. The molecule has 0 saturated carbocycles. The van der Waals surface area contributed by atoms with E-state index in [1.54, 1.807) is 0 Å². The van der Waals surface area contributed by atoms with E-state index >= 15 is 0 Å². The Hall–Kier alpha value is -1.90. The predicted octanol–water partition coefficient (Wildman–Crippen LogP) is 0.916. The molecule has 2 aromatic heterocycles. The van der Waals surface area contributed by atoms with E-state index in [1.165, 1.54) is 5.56 Å². The Balaban J connectivity index is 1.38. The summed E-state index contributed by atoms with van der Waals surface area (Å²) in [7, 11) is 0. The summed E-state index contributed by atoms with van der Waals surface area (Å²) in [5, 5.41) is 18.0. The molecule has 7 nitrogen and oxygen atoms in total. The molecule has 7 heteroatoms. The number of pyridine rings is 2. The number of hydrazine groups is 1. The standard InChI is InChI=1S/C21H28N6O/c28-21(6-9-22-10-7-21)19-5-1-4-16(25-19)20-15-11-17(14-3-2-8-23-12-14)24-13-18(15)26-27-20/h1-5,8,12,15,17-18,20,22,24,26-28H,6-7,9-11,13H2. The SMILES string of the molecule is OC1(c2cccc(C3NNC4CNC(c5cccnc5)CC43)n2)CCNCC1. The zero-order valence-electron chi connectivity index (χ0n) is 15.9. The average molecular weight is 380 g/mol. The first-order chi connectivity index (χ1) is 13.7. The fraction of sp³-hybridized carbons (Fsp3) is 0.524. The first-order valence-corrected chi connectivity index (χ1v) is 10.3. The van der Waals surface area contributed by atoms with Crippen LogP contribution in [0.15, 0.2) is 42.7 Å². The van der Waals surface area contributed by atoms with Gasteiger partial charge in [-0.1, -0.05) is 12.1 Å². The van der Waals surface area contributed by atoms with Crippen LogP contribution in [0, 0.1) is 5.92 Å². The van der Waals surface area contributed by atoms with E-state index in [1.807, 2.05) is 30.6 Å². The van der Waals surface area contributed by atoms with Crippen LogP contribution in [-0.2, 0) is 5.60 Å². The quantitative estimate of drug-likeness (QED) is 0.540. The minimum Gasteiger partial charge on any atom is -0.383 e. The lowest BCUT2D eigenvalue weighted by atomic mass is 9.81. The number of fused-ring (bicyclic) bond motifs is 1. The van der Waals surface area contributed by atoms with E-state index in [-0.39, 0.29) is 6.04 Å². The first-order valence-electron chi connectivity index (χ1n) is 10.3. The van der Waals surface area contributed by atoms with Crippen LogP contribution in [0.5, 0.6) is 0 Å². The number of nitrogens with zero attached hydrogens (tertiary/aromatic N) is 2. The lowest BCUT2D eigenvalue weighted by Gasteiger charge is -2.35. The van der Waals surface area contributed by atoms with E-state index in [4.69, 9.17) is 4.98 Å². The molecule has 28 heavy (non-hydrogen) atoms. The predicted molar refractivity (Wildman–Crippen MR) is 106 cm³/mol. The minimum absolute atomic E-state index is 0.136. The van der Waals surface area contributed by atoms with Gasteiger partial charge in [0.15, 0.2) is 0 Å². The number of hydrogen-bond acceptors (Lipinski definition) is 7. The van der Waals surface area contributed by atoms with Gasteiger partial charge in [-0.3, -0.25) is 15.4 Å². The second kappa shape index (κ2) is 7.50. The van der Waals surface area contributed by atoms with Crippen molar-refractivity contribution in [3.05, 3.63) is 59.7 Å². The van der Waals surface area contributed by atoms with Crippen LogP contribution in [0.4, 0.5) is 0 Å². The molecule has 148 valence electrons. The number of aromatic nitrogens is 2. The topological polar surface area (TPSA) is 94.1 Å². The maximum atomic E-state index is 11.1. The zero-order chi connectivity index (χ0) is 19.0. The average Bonchev–Trinajstić information content (AvgIpc) is 3.18. The highest BCUT2D eigenvalue weighted by molar-refractivity contribution is 5.23. The van der Waals surface area contributed by atoms with E-state index in [0.717, 1.165) is 37.4 Å². The maximum Gasteiger partial charge on any atom is 0.109 e. The molecular weight excluding hydrogens is 352 g/mol. The van der Waals surface area contributed by atoms with Crippen LogP contribution in [0.3, 0.4) is 0 Å². The molecule has 0 aromatic carbocycles. The first kappa shape index (κ1) is 18.1. The van der Waals surface area contributed by atoms with Crippen LogP contribution >= 0.6 is 0 Å². The normalized spacial score (nSPS) is 32.0. The van der Waals surface area contributed by atoms with Gasteiger partial charge in [0.2, 0.25) is 0 Å². The number of rotatable bonds is 3. The second-order valence-corrected chi connectivity index (χ2v) is 8.25. The summed E-state index contributed by atoms with van der Waals surface area (Å²) in [4.78, 5) is 9.20. The summed E-state index contributed by atoms with van der Waals surface area (Å²) in [5.74, 6) is 0.428. The van der Waals surface area contributed by atoms with Gasteiger partial charge in [0.05, 0.1) is 17.4 Å². The van der Waals surface area contributed by atoms with Crippen molar-refractivity contribution in [3.63, 3.8) is 0 Å². The molecule has 0 radical (unpaired) electrons. The Morgan fingerprint density at radius 2 is 1.96 bits per heavy atom. The van der Waals surface area contributed by atoms with Crippen molar-refractivity contribution in [2.24, 2.45) is 5.92 Å². The molecular formula is C21H28N6O. The molecule has 0 amide bonds. The summed E-state index contributed by atoms with van der Waals surface area (Å²) in [6.07, 6.45) is 6.20. The van der Waals surface area contributed by atoms with Gasteiger partial charge in [-0.25, -0.2) is 5.43 Å². The van der Waals surface area contributed by atoms with E-state index in [0.29, 0.717) is 30.8 Å². The fourth-order valence-electron chi connectivity index (χ4n) is 4.88. The van der Waals surface area contributed by atoms with Crippen molar-refractivity contribution < 1.29 is 5.11 Å². The van der Waals surface area contributed by atoms with E-state index in [9.17, 15) is 5.11 Å². The van der Waals surface area contributed by atoms with Gasteiger partial charge in [-0.05, 0) is 56.1 Å². The molecule has 2 aromatic rings. The van der Waals surface area contributed by atoms with Crippen molar-refractivity contribution in [2.45, 2.75) is 43.0 Å². The molecule has 3 aliphatic rings. The Labute approximate surface area is 165 Å². The van der Waals surface area contributed by atoms with Gasteiger partial charge in [-0.15, -0.1) is 0 Å². The summed E-state index contributed by atoms with van der Waals surface area (Å²) in [6, 6.07) is 11.0. The van der Waals surface area contributed by atoms with Gasteiger partial charge in [0.1, 0.15) is 5.60 Å². The number of nitrogens with one attached hydrogen (secondary N) is 4. The molecule has 3 saturated heterocycles. The van der Waals surface area contributed by atoms with Crippen LogP contribution in [0.25, 0.3) is 0 Å². The third kappa shape index (κ3) is 3.33. The molecule has 0 aliphatic carbocycles. The molecule has 5 rings (SSSR count). The van der Waals surface area contributed by atoms with Crippen molar-refractivity contribution in [2.75, 3.05) is 19.6 Å². The van der Waals surface area contributed by atoms with Gasteiger partial charge >= 0.3 is 0 Å². The Morgan fingerprint density at radius 3 is 2.79 bits per heavy atom. The van der Waals surface area contributed by atoms with E-state index in [2.05, 4.69) is 38.6 Å². The van der Waals surface area contributed by atoms with Gasteiger partial charge in [0, 0.05) is 36.9 Å². The Kier molecular flexibility index (Phi) is 4.86. The van der Waals surface area contributed by atoms with Crippen LogP contribution < -0.4 is 21.5 Å². The molecule has 5 heterocycles. The minimum atomic E-state index is -0.820. The molecule has 4 unspecified atom stereocenters. The fourth-order valence-corrected chi connectivity index (χ4v) is 4.88. The summed E-state index contributed by atoms with van der Waals surface area (Å²) < 4.78 is 0. The maximum absolute atomic E-state index is 11.1. The molecule has 5 N–H and O–H groups in total. The van der Waals surface area contributed by atoms with Crippen molar-refractivity contribution in [1.82, 2.24) is 31.5 Å². The highest BCUT2D eigenvalue weighted by Crippen LogP contribution is 2.38. The van der Waals surface area contributed by atoms with Crippen molar-refractivity contribution in [1.29, 1.82) is 0 Å². The Bertz CT molecular complexity index is 810. The van der Waals surface area contributed by atoms with Crippen LogP contribution in [0.2, 0.25) is 0 Å². The van der Waals surface area contributed by atoms with Gasteiger partial charge < -0.3 is 15.7 Å². The number of hydrogen-bond donors (Lipinski definition) is 5. The summed E-state index contributed by atoms with van der Waals surface area (Å²) >= 11 is 0. The lowest BCUT2D eigenvalue weighted by molar-refractivity contribution is 0.00158. The van der Waals surface area contributed by atoms with Crippen molar-refractivity contribution >= 4 is 0 Å². The lowest BCUT2D eigenvalue weighted by Crippen LogP contribution is -2.46. The Morgan fingerprint density at radius 1 is 1.07 bits per heavy atom. The zero-order valence-corrected chi connectivity index (χ0v) is 15.9. The van der Waals surface area contributed by atoms with Crippen LogP contribution in [-0.4, -0.2) is 40.8 Å². The number of aliphatic hydroxyl groups is 1. The van der Waals surface area contributed by atoms with E-state index < -0.39 is 5.60 Å². The highest BCUT2D eigenvalue weighted by Gasteiger charge is 2.42. The van der Waals surface area contributed by atoms with Gasteiger partial charge in [-0.2, -0.15) is 0 Å². The largest absolute Gasteiger partial charge is 0.383 e. The number of piperidine rings is 2. The summed E-state index contributed by atoms with van der Waals surface area (Å²) in [5.41, 5.74) is 9.14. The highest BCUT2D eigenvalue weighted by atomic mass is 16.3.